The van der Waals surface area contributed by atoms with Gasteiger partial charge < -0.3 is 5.11 Å². The number of nitrogens with one attached hydrogen (secondary N) is 1. The van der Waals surface area contributed by atoms with Gasteiger partial charge in [-0.25, -0.2) is 22.9 Å². The molecule has 0 aliphatic rings. The molecular weight excluding hydrogens is 380 g/mol. The number of rotatable bonds is 5. The van der Waals surface area contributed by atoms with Gasteiger partial charge in [-0.15, -0.1) is 11.3 Å². The molecule has 0 aliphatic heterocycles. The van der Waals surface area contributed by atoms with Gasteiger partial charge in [0.05, 0.1) is 5.51 Å². The molecule has 0 saturated carbocycles. The third-order valence-electron chi connectivity index (χ3n) is 2.68. The van der Waals surface area contributed by atoms with Gasteiger partial charge in [0.15, 0.2) is 9.90 Å². The molecule has 0 spiro atoms. The quantitative estimate of drug-likeness (QED) is 0.817. The molecule has 1 atom stereocenters. The highest BCUT2D eigenvalue weighted by atomic mass is 79.9. The van der Waals surface area contributed by atoms with Crippen molar-refractivity contribution in [3.05, 3.63) is 45.5 Å². The van der Waals surface area contributed by atoms with Crippen molar-refractivity contribution in [3.63, 3.8) is 0 Å². The fourth-order valence-corrected chi connectivity index (χ4v) is 4.33. The van der Waals surface area contributed by atoms with E-state index < -0.39 is 27.7 Å². The summed E-state index contributed by atoms with van der Waals surface area (Å²) in [5.74, 6) is -1.37. The van der Waals surface area contributed by atoms with E-state index >= 15 is 0 Å². The van der Waals surface area contributed by atoms with Gasteiger partial charge in [-0.2, -0.15) is 0 Å². The zero-order valence-electron chi connectivity index (χ0n) is 10.8. The van der Waals surface area contributed by atoms with Crippen molar-refractivity contribution in [1.29, 1.82) is 0 Å². The molecular formula is C12H11BrN2O4S2. The number of aromatic carboxylic acids is 1. The average molecular weight is 391 g/mol. The van der Waals surface area contributed by atoms with Crippen molar-refractivity contribution in [2.24, 2.45) is 0 Å². The van der Waals surface area contributed by atoms with Gasteiger partial charge in [0.2, 0.25) is 0 Å². The first-order valence-electron chi connectivity index (χ1n) is 5.76. The number of carboxylic acids is 1. The molecule has 0 aliphatic carbocycles. The highest BCUT2D eigenvalue weighted by Crippen LogP contribution is 2.23. The maximum Gasteiger partial charge on any atom is 0.356 e. The first-order valence-corrected chi connectivity index (χ1v) is 8.91. The average Bonchev–Trinajstić information content (AvgIpc) is 2.89. The lowest BCUT2D eigenvalue weighted by Gasteiger charge is -2.14. The van der Waals surface area contributed by atoms with Crippen molar-refractivity contribution in [3.8, 4) is 0 Å². The standard InChI is InChI=1S/C12H11BrN2O4S2/c1-7(8-2-4-9(13)5-3-8)15-21(18,19)12-10(11(16)17)14-6-20-12/h2-7,15H,1H3,(H,16,17). The summed E-state index contributed by atoms with van der Waals surface area (Å²) in [6.45, 7) is 1.68. The molecule has 1 aromatic carbocycles. The Kier molecular flexibility index (Phi) is 4.77. The van der Waals surface area contributed by atoms with E-state index in [1.165, 1.54) is 5.51 Å². The van der Waals surface area contributed by atoms with Crippen LogP contribution in [0, 0.1) is 0 Å². The summed E-state index contributed by atoms with van der Waals surface area (Å²) in [7, 11) is -3.94. The molecule has 0 amide bonds. The Morgan fingerprint density at radius 2 is 2.00 bits per heavy atom. The van der Waals surface area contributed by atoms with Crippen molar-refractivity contribution in [2.75, 3.05) is 0 Å². The second-order valence-corrected chi connectivity index (χ2v) is 7.87. The molecule has 1 aromatic heterocycles. The second-order valence-electron chi connectivity index (χ2n) is 4.19. The maximum absolute atomic E-state index is 12.3. The van der Waals surface area contributed by atoms with Crippen LogP contribution in [0.5, 0.6) is 0 Å². The fourth-order valence-electron chi connectivity index (χ4n) is 1.67. The molecule has 0 saturated heterocycles. The highest BCUT2D eigenvalue weighted by Gasteiger charge is 2.27. The lowest BCUT2D eigenvalue weighted by Crippen LogP contribution is -2.27. The Hall–Kier alpha value is -1.29. The molecule has 0 bridgehead atoms. The summed E-state index contributed by atoms with van der Waals surface area (Å²) in [6.07, 6.45) is 0. The zero-order chi connectivity index (χ0) is 15.6. The molecule has 9 heteroatoms. The van der Waals surface area contributed by atoms with E-state index in [1.54, 1.807) is 31.2 Å². The summed E-state index contributed by atoms with van der Waals surface area (Å²) in [5.41, 5.74) is 1.50. The number of hydrogen-bond donors (Lipinski definition) is 2. The number of halogens is 1. The van der Waals surface area contributed by atoms with Crippen LogP contribution < -0.4 is 4.72 Å². The maximum atomic E-state index is 12.3. The van der Waals surface area contributed by atoms with Gasteiger partial charge in [0.1, 0.15) is 0 Å². The highest BCUT2D eigenvalue weighted by molar-refractivity contribution is 9.10. The minimum atomic E-state index is -3.94. The van der Waals surface area contributed by atoms with E-state index in [0.29, 0.717) is 0 Å². The lowest BCUT2D eigenvalue weighted by atomic mass is 10.1. The van der Waals surface area contributed by atoms with Crippen molar-refractivity contribution < 1.29 is 18.3 Å². The lowest BCUT2D eigenvalue weighted by molar-refractivity contribution is 0.0687. The number of hydrogen-bond acceptors (Lipinski definition) is 5. The second kappa shape index (κ2) is 6.22. The van der Waals surface area contributed by atoms with Crippen LogP contribution >= 0.6 is 27.3 Å². The van der Waals surface area contributed by atoms with Crippen molar-refractivity contribution >= 4 is 43.3 Å². The molecule has 1 heterocycles. The fraction of sp³-hybridized carbons (Fsp3) is 0.167. The van der Waals surface area contributed by atoms with E-state index in [-0.39, 0.29) is 4.21 Å². The third-order valence-corrected chi connectivity index (χ3v) is 6.12. The van der Waals surface area contributed by atoms with Crippen LogP contribution in [0.4, 0.5) is 0 Å². The third kappa shape index (κ3) is 3.67. The van der Waals surface area contributed by atoms with Crippen LogP contribution in [0.2, 0.25) is 0 Å². The summed E-state index contributed by atoms with van der Waals surface area (Å²) in [4.78, 5) is 14.5. The smallest absolute Gasteiger partial charge is 0.356 e. The number of thiazole rings is 1. The van der Waals surface area contributed by atoms with Gasteiger partial charge >= 0.3 is 5.97 Å². The first-order chi connectivity index (χ1) is 9.81. The Balaban J connectivity index is 2.27. The molecule has 1 unspecified atom stereocenters. The number of aromatic nitrogens is 1. The summed E-state index contributed by atoms with van der Waals surface area (Å²) in [5, 5.41) is 8.95. The Bertz CT molecular complexity index is 756. The number of sulfonamides is 1. The minimum Gasteiger partial charge on any atom is -0.476 e. The molecule has 2 aromatic rings. The number of carboxylic acid groups (broad SMARTS) is 1. The van der Waals surface area contributed by atoms with Crippen LogP contribution in [-0.2, 0) is 10.0 Å². The first kappa shape index (κ1) is 16.1. The van der Waals surface area contributed by atoms with Crippen molar-refractivity contribution in [2.45, 2.75) is 17.2 Å². The largest absolute Gasteiger partial charge is 0.476 e. The monoisotopic (exact) mass is 390 g/mol. The Morgan fingerprint density at radius 1 is 1.38 bits per heavy atom. The predicted octanol–water partition coefficient (Wildman–Crippen LogP) is 2.64. The van der Waals surface area contributed by atoms with Crippen LogP contribution in [0.15, 0.2) is 38.5 Å². The molecule has 0 radical (unpaired) electrons. The van der Waals surface area contributed by atoms with E-state index in [2.05, 4.69) is 25.6 Å². The molecule has 2 N–H and O–H groups in total. The van der Waals surface area contributed by atoms with Gasteiger partial charge in [-0.05, 0) is 24.6 Å². The normalized spacial score (nSPS) is 13.0. The molecule has 112 valence electrons. The number of carbonyl (C=O) groups is 1. The van der Waals surface area contributed by atoms with Crippen LogP contribution in [0.25, 0.3) is 0 Å². The minimum absolute atomic E-state index is 0.293. The summed E-state index contributed by atoms with van der Waals surface area (Å²) in [6, 6.07) is 6.67. The molecule has 6 nitrogen and oxygen atoms in total. The summed E-state index contributed by atoms with van der Waals surface area (Å²) < 4.78 is 27.6. The number of nitrogens with zero attached hydrogens (tertiary/aromatic N) is 1. The SMILES string of the molecule is CC(NS(=O)(=O)c1scnc1C(=O)O)c1ccc(Br)cc1. The van der Waals surface area contributed by atoms with Gasteiger partial charge in [0, 0.05) is 10.5 Å². The predicted molar refractivity (Wildman–Crippen MR) is 82.0 cm³/mol. The van der Waals surface area contributed by atoms with E-state index in [0.717, 1.165) is 21.4 Å². The Labute approximate surface area is 134 Å². The van der Waals surface area contributed by atoms with Gasteiger partial charge in [-0.3, -0.25) is 0 Å². The summed E-state index contributed by atoms with van der Waals surface area (Å²) >= 11 is 4.08. The van der Waals surface area contributed by atoms with E-state index in [4.69, 9.17) is 5.11 Å². The topological polar surface area (TPSA) is 96.4 Å². The zero-order valence-corrected chi connectivity index (χ0v) is 14.0. The molecule has 21 heavy (non-hydrogen) atoms. The molecule has 0 fully saturated rings. The van der Waals surface area contributed by atoms with E-state index in [1.807, 2.05) is 0 Å². The Morgan fingerprint density at radius 3 is 2.57 bits per heavy atom. The van der Waals surface area contributed by atoms with Gasteiger partial charge in [-0.1, -0.05) is 28.1 Å². The van der Waals surface area contributed by atoms with Crippen molar-refractivity contribution in [1.82, 2.24) is 9.71 Å². The van der Waals surface area contributed by atoms with Crippen LogP contribution in [0.3, 0.4) is 0 Å². The molecule has 2 rings (SSSR count). The van der Waals surface area contributed by atoms with Crippen LogP contribution in [-0.4, -0.2) is 24.5 Å². The number of benzene rings is 1. The van der Waals surface area contributed by atoms with E-state index in [9.17, 15) is 13.2 Å². The van der Waals surface area contributed by atoms with Crippen LogP contribution in [0.1, 0.15) is 29.0 Å². The van der Waals surface area contributed by atoms with Gasteiger partial charge in [0.25, 0.3) is 10.0 Å².